The summed E-state index contributed by atoms with van der Waals surface area (Å²) in [5.74, 6) is 5.78. The summed E-state index contributed by atoms with van der Waals surface area (Å²) in [7, 11) is 0. The molecule has 0 aliphatic rings. The van der Waals surface area contributed by atoms with Crippen molar-refractivity contribution in [1.29, 1.82) is 0 Å². The Hall–Kier alpha value is -1.94. The van der Waals surface area contributed by atoms with Crippen molar-refractivity contribution in [3.63, 3.8) is 0 Å². The van der Waals surface area contributed by atoms with Gasteiger partial charge in [0.1, 0.15) is 0 Å². The van der Waals surface area contributed by atoms with Gasteiger partial charge < -0.3 is 5.84 Å². The fourth-order valence-corrected chi connectivity index (χ4v) is 2.34. The number of aromatic nitrogens is 1. The Labute approximate surface area is 117 Å². The molecule has 0 unspecified atom stereocenters. The van der Waals surface area contributed by atoms with Crippen molar-refractivity contribution < 1.29 is 0 Å². The lowest BCUT2D eigenvalue weighted by molar-refractivity contribution is 0.835. The Bertz CT molecular complexity index is 672. The van der Waals surface area contributed by atoms with Crippen LogP contribution in [0.25, 0.3) is 0 Å². The number of benzene rings is 1. The van der Waals surface area contributed by atoms with Crippen molar-refractivity contribution in [1.82, 2.24) is 4.68 Å². The van der Waals surface area contributed by atoms with Crippen LogP contribution >= 0.6 is 12.2 Å². The first kappa shape index (κ1) is 13.5. The van der Waals surface area contributed by atoms with E-state index in [1.807, 2.05) is 38.1 Å². The number of aryl methyl sites for hydroxylation is 1. The molecule has 0 fully saturated rings. The van der Waals surface area contributed by atoms with E-state index in [1.165, 1.54) is 16.3 Å². The molecule has 0 aliphatic heterocycles. The Morgan fingerprint density at radius 1 is 1.21 bits per heavy atom. The number of pyridine rings is 1. The fourth-order valence-electron chi connectivity index (χ4n) is 2.02. The van der Waals surface area contributed by atoms with Gasteiger partial charge in [0.2, 0.25) is 0 Å². The van der Waals surface area contributed by atoms with E-state index in [-0.39, 0.29) is 5.56 Å². The summed E-state index contributed by atoms with van der Waals surface area (Å²) in [6.07, 6.45) is 0.661. The minimum Gasteiger partial charge on any atom is -0.336 e. The zero-order chi connectivity index (χ0) is 14.0. The molecule has 3 nitrogen and oxygen atoms in total. The topological polar surface area (TPSA) is 48.0 Å². The van der Waals surface area contributed by atoms with Crippen molar-refractivity contribution in [2.45, 2.75) is 20.3 Å². The normalized spacial score (nSPS) is 10.4. The summed E-state index contributed by atoms with van der Waals surface area (Å²) in [5, 5.41) is 0. The fraction of sp³-hybridized carbons (Fsp3) is 0.200. The molecular formula is C15H16N2OS. The second kappa shape index (κ2) is 5.36. The van der Waals surface area contributed by atoms with Crippen molar-refractivity contribution in [2.75, 3.05) is 5.84 Å². The van der Waals surface area contributed by atoms with Gasteiger partial charge in [0, 0.05) is 11.6 Å². The maximum absolute atomic E-state index is 11.5. The molecule has 0 radical (unpaired) electrons. The number of nitrogen functional groups attached to an aromatic ring is 1. The van der Waals surface area contributed by atoms with Gasteiger partial charge in [0.05, 0.1) is 10.6 Å². The molecule has 0 saturated heterocycles. The summed E-state index contributed by atoms with van der Waals surface area (Å²) < 4.78 is 1.18. The van der Waals surface area contributed by atoms with Crippen molar-refractivity contribution in [3.8, 4) is 0 Å². The van der Waals surface area contributed by atoms with Gasteiger partial charge in [-0.05, 0) is 25.0 Å². The minimum atomic E-state index is -0.215. The van der Waals surface area contributed by atoms with Crippen LogP contribution in [0.15, 0.2) is 41.2 Å². The van der Waals surface area contributed by atoms with Gasteiger partial charge in [0.25, 0.3) is 5.56 Å². The van der Waals surface area contributed by atoms with E-state index in [1.54, 1.807) is 6.07 Å². The molecule has 19 heavy (non-hydrogen) atoms. The number of thiocarbonyl (C=S) groups is 1. The standard InChI is InChI=1S/C15H16N2OS/c1-3-13-12(8-9-14(18)17(13)16)15(19)11-6-4-10(2)5-7-11/h4-9H,3,16H2,1-2H3. The largest absolute Gasteiger partial charge is 0.336 e. The Morgan fingerprint density at radius 3 is 2.42 bits per heavy atom. The number of nitrogens with two attached hydrogens (primary N) is 1. The van der Waals surface area contributed by atoms with Gasteiger partial charge in [0.15, 0.2) is 0 Å². The number of nitrogens with zero attached hydrogens (tertiary/aromatic N) is 1. The summed E-state index contributed by atoms with van der Waals surface area (Å²) in [6, 6.07) is 11.2. The number of rotatable bonds is 3. The van der Waals surface area contributed by atoms with Crippen LogP contribution in [0.3, 0.4) is 0 Å². The summed E-state index contributed by atoms with van der Waals surface area (Å²) >= 11 is 5.52. The zero-order valence-corrected chi connectivity index (χ0v) is 11.8. The lowest BCUT2D eigenvalue weighted by Gasteiger charge is -2.13. The third-order valence-corrected chi connectivity index (χ3v) is 3.58. The van der Waals surface area contributed by atoms with Crippen molar-refractivity contribution in [2.24, 2.45) is 0 Å². The average molecular weight is 272 g/mol. The summed E-state index contributed by atoms with van der Waals surface area (Å²) in [6.45, 7) is 3.99. The van der Waals surface area contributed by atoms with Crippen LogP contribution in [0.4, 0.5) is 0 Å². The molecule has 1 aromatic heterocycles. The van der Waals surface area contributed by atoms with E-state index in [9.17, 15) is 4.79 Å². The van der Waals surface area contributed by atoms with Gasteiger partial charge in [-0.1, -0.05) is 49.0 Å². The molecule has 0 atom stereocenters. The average Bonchev–Trinajstić information content (AvgIpc) is 2.41. The van der Waals surface area contributed by atoms with Crippen LogP contribution in [0.2, 0.25) is 0 Å². The van der Waals surface area contributed by atoms with E-state index in [4.69, 9.17) is 18.1 Å². The lowest BCUT2D eigenvalue weighted by atomic mass is 10.0. The van der Waals surface area contributed by atoms with Gasteiger partial charge in [-0.25, -0.2) is 4.68 Å². The predicted molar refractivity (Wildman–Crippen MR) is 82.2 cm³/mol. The molecule has 0 aliphatic carbocycles. The molecule has 1 heterocycles. The Kier molecular flexibility index (Phi) is 3.81. The quantitative estimate of drug-likeness (QED) is 0.529. The second-order valence-corrected chi connectivity index (χ2v) is 4.86. The molecule has 1 aromatic carbocycles. The van der Waals surface area contributed by atoms with Crippen LogP contribution in [-0.2, 0) is 6.42 Å². The first-order chi connectivity index (χ1) is 9.04. The second-order valence-electron chi connectivity index (χ2n) is 4.45. The van der Waals surface area contributed by atoms with Crippen LogP contribution in [0.5, 0.6) is 0 Å². The molecule has 4 heteroatoms. The van der Waals surface area contributed by atoms with Gasteiger partial charge in [-0.15, -0.1) is 0 Å². The minimum absolute atomic E-state index is 0.215. The highest BCUT2D eigenvalue weighted by Crippen LogP contribution is 2.15. The molecule has 0 amide bonds. The van der Waals surface area contributed by atoms with Crippen LogP contribution in [-0.4, -0.2) is 9.54 Å². The highest BCUT2D eigenvalue weighted by Gasteiger charge is 2.12. The third kappa shape index (κ3) is 2.58. The van der Waals surface area contributed by atoms with Gasteiger partial charge in [-0.3, -0.25) is 4.79 Å². The van der Waals surface area contributed by atoms with Gasteiger partial charge in [-0.2, -0.15) is 0 Å². The van der Waals surface area contributed by atoms with Crippen LogP contribution in [0, 0.1) is 6.92 Å². The summed E-state index contributed by atoms with van der Waals surface area (Å²) in [4.78, 5) is 12.3. The first-order valence-electron chi connectivity index (χ1n) is 6.16. The molecular weight excluding hydrogens is 256 g/mol. The zero-order valence-electron chi connectivity index (χ0n) is 11.0. The van der Waals surface area contributed by atoms with Crippen molar-refractivity contribution >= 4 is 17.1 Å². The van der Waals surface area contributed by atoms with Crippen molar-refractivity contribution in [3.05, 3.63) is 69.1 Å². The lowest BCUT2D eigenvalue weighted by Crippen LogP contribution is -2.31. The molecule has 2 rings (SSSR count). The molecule has 0 bridgehead atoms. The van der Waals surface area contributed by atoms with E-state index in [0.29, 0.717) is 6.42 Å². The molecule has 0 spiro atoms. The molecule has 2 aromatic rings. The number of hydrogen-bond donors (Lipinski definition) is 1. The Balaban J connectivity index is 2.53. The van der Waals surface area contributed by atoms with E-state index in [0.717, 1.165) is 21.7 Å². The highest BCUT2D eigenvalue weighted by molar-refractivity contribution is 7.81. The van der Waals surface area contributed by atoms with E-state index < -0.39 is 0 Å². The monoisotopic (exact) mass is 272 g/mol. The summed E-state index contributed by atoms with van der Waals surface area (Å²) in [5.41, 5.74) is 3.55. The van der Waals surface area contributed by atoms with E-state index in [2.05, 4.69) is 0 Å². The SMILES string of the molecule is CCc1c(C(=S)c2ccc(C)cc2)ccc(=O)n1N. The predicted octanol–water partition coefficient (Wildman–Crippen LogP) is 2.20. The molecule has 0 saturated carbocycles. The van der Waals surface area contributed by atoms with E-state index >= 15 is 0 Å². The van der Waals surface area contributed by atoms with Crippen LogP contribution < -0.4 is 11.4 Å². The maximum Gasteiger partial charge on any atom is 0.268 e. The van der Waals surface area contributed by atoms with Gasteiger partial charge >= 0.3 is 0 Å². The first-order valence-corrected chi connectivity index (χ1v) is 6.56. The smallest absolute Gasteiger partial charge is 0.268 e. The number of hydrogen-bond acceptors (Lipinski definition) is 3. The van der Waals surface area contributed by atoms with Crippen LogP contribution in [0.1, 0.15) is 29.3 Å². The molecule has 98 valence electrons. The maximum atomic E-state index is 11.5. The third-order valence-electron chi connectivity index (χ3n) is 3.12. The molecule has 2 N–H and O–H groups in total. The Morgan fingerprint density at radius 2 is 1.84 bits per heavy atom. The highest BCUT2D eigenvalue weighted by atomic mass is 32.1.